The molecule has 0 unspecified atom stereocenters. The number of alkyl halides is 2. The Hall–Kier alpha value is -3.18. The average Bonchev–Trinajstić information content (AvgIpc) is 2.93. The van der Waals surface area contributed by atoms with Crippen LogP contribution in [0.25, 0.3) is 28.1 Å². The van der Waals surface area contributed by atoms with E-state index in [1.807, 2.05) is 12.3 Å². The maximum absolute atomic E-state index is 4.76. The second-order valence-corrected chi connectivity index (χ2v) is 17.0. The molecule has 4 aromatic rings. The summed E-state index contributed by atoms with van der Waals surface area (Å²) in [5, 5.41) is 0. The number of nitrogens with zero attached hydrogens (tertiary/aromatic N) is 2. The molecule has 0 fully saturated rings. The van der Waals surface area contributed by atoms with Gasteiger partial charge < -0.3 is 0 Å². The molecule has 2 aliphatic heterocycles. The molecule has 0 amide bonds. The van der Waals surface area contributed by atoms with Gasteiger partial charge in [0, 0.05) is 0 Å². The van der Waals surface area contributed by atoms with Gasteiger partial charge >= 0.3 is 229 Å². The topological polar surface area (TPSA) is 16.1 Å². The van der Waals surface area contributed by atoms with E-state index in [0.29, 0.717) is 0 Å². The molecule has 0 atom stereocenters. The summed E-state index contributed by atoms with van der Waals surface area (Å²) in [4.78, 5) is 4.76. The molecule has 0 saturated heterocycles. The number of rotatable bonds is 4. The van der Waals surface area contributed by atoms with Gasteiger partial charge in [0.05, 0.1) is 0 Å². The molecule has 1 aromatic heterocycles. The molecule has 0 aliphatic carbocycles. The van der Waals surface area contributed by atoms with Crippen molar-refractivity contribution in [1.29, 1.82) is 0 Å². The van der Waals surface area contributed by atoms with Crippen molar-refractivity contribution < 1.29 is 0 Å². The van der Waals surface area contributed by atoms with E-state index in [-0.39, 0.29) is 3.42 Å². The number of aromatic nitrogens is 1. The maximum atomic E-state index is 4.76. The number of aryl methyl sites for hydroxylation is 1. The quantitative estimate of drug-likeness (QED) is 0.133. The normalized spacial score (nSPS) is 16.0. The summed E-state index contributed by atoms with van der Waals surface area (Å²) in [5.41, 5.74) is 13.3. The third-order valence-electron chi connectivity index (χ3n) is 7.51. The van der Waals surface area contributed by atoms with E-state index in [1.54, 1.807) is 0 Å². The van der Waals surface area contributed by atoms with Gasteiger partial charge in [-0.1, -0.05) is 0 Å². The molecule has 186 valence electrons. The predicted molar refractivity (Wildman–Crippen MR) is 165 cm³/mol. The molecule has 3 heterocycles. The van der Waals surface area contributed by atoms with Gasteiger partial charge in [-0.3, -0.25) is 0 Å². The van der Waals surface area contributed by atoms with Crippen LogP contribution < -0.4 is 0 Å². The van der Waals surface area contributed by atoms with E-state index in [2.05, 4.69) is 122 Å². The van der Waals surface area contributed by atoms with Crippen molar-refractivity contribution in [2.24, 2.45) is 0 Å². The minimum atomic E-state index is -1.77. The monoisotopic (exact) mass is 596 g/mol. The van der Waals surface area contributed by atoms with Crippen LogP contribution in [0, 0.1) is 6.92 Å². The van der Waals surface area contributed by atoms with Gasteiger partial charge in [-0.25, -0.2) is 0 Å². The van der Waals surface area contributed by atoms with Crippen LogP contribution in [0.15, 0.2) is 109 Å². The number of allylic oxidation sites excluding steroid dienone is 2. The second kappa shape index (κ2) is 9.60. The molecule has 0 N–H and O–H groups in total. The van der Waals surface area contributed by atoms with Crippen molar-refractivity contribution in [3.63, 3.8) is 0 Å². The van der Waals surface area contributed by atoms with E-state index in [0.717, 1.165) is 12.2 Å². The van der Waals surface area contributed by atoms with Crippen molar-refractivity contribution in [3.8, 4) is 22.4 Å². The number of pyridine rings is 1. The Morgan fingerprint density at radius 1 is 0.811 bits per heavy atom. The fraction of sp³-hybridized carbons (Fsp3) is 0.206. The zero-order chi connectivity index (χ0) is 25.6. The van der Waals surface area contributed by atoms with Crippen LogP contribution in [0.4, 0.5) is 0 Å². The van der Waals surface area contributed by atoms with E-state index < -0.39 is 20.1 Å². The van der Waals surface area contributed by atoms with Crippen LogP contribution in [0.1, 0.15) is 43.0 Å². The van der Waals surface area contributed by atoms with Crippen molar-refractivity contribution in [2.75, 3.05) is 6.54 Å². The summed E-state index contributed by atoms with van der Waals surface area (Å²) in [6.45, 7) is 10.4. The Labute approximate surface area is 228 Å². The van der Waals surface area contributed by atoms with Gasteiger partial charge in [-0.2, -0.15) is 0 Å². The van der Waals surface area contributed by atoms with E-state index in [4.69, 9.17) is 4.98 Å². The van der Waals surface area contributed by atoms with E-state index >= 15 is 0 Å². The number of hydrogen-bond acceptors (Lipinski definition) is 2. The summed E-state index contributed by atoms with van der Waals surface area (Å²) < 4.78 is 4.02. The van der Waals surface area contributed by atoms with Gasteiger partial charge in [-0.05, 0) is 0 Å². The summed E-state index contributed by atoms with van der Waals surface area (Å²) in [6, 6.07) is 31.1. The molecule has 0 radical (unpaired) electrons. The average molecular weight is 597 g/mol. The van der Waals surface area contributed by atoms with Gasteiger partial charge in [0.15, 0.2) is 0 Å². The first-order valence-corrected chi connectivity index (χ1v) is 16.5. The summed E-state index contributed by atoms with van der Waals surface area (Å²) in [5.74, 6) is 0. The zero-order valence-electron chi connectivity index (χ0n) is 22.0. The van der Waals surface area contributed by atoms with Crippen LogP contribution in [-0.2, 0) is 7.85 Å². The van der Waals surface area contributed by atoms with Crippen molar-refractivity contribution >= 4 is 25.8 Å². The second-order valence-electron chi connectivity index (χ2n) is 10.5. The summed E-state index contributed by atoms with van der Waals surface area (Å²) >= 11 is -1.77. The SMILES string of the molecule is CC1=CCN2C(=C1)c1cc(-c3ccccc3)ccc1CI2C(C)(C)c1ccc(C)cc1-c1ccccn1. The Kier molecular flexibility index (Phi) is 6.28. The van der Waals surface area contributed by atoms with Crippen molar-refractivity contribution in [1.82, 2.24) is 8.10 Å². The van der Waals surface area contributed by atoms with Gasteiger partial charge in [-0.15, -0.1) is 0 Å². The molecule has 0 saturated carbocycles. The Balaban J connectivity index is 1.47. The fourth-order valence-corrected chi connectivity index (χ4v) is 12.6. The van der Waals surface area contributed by atoms with Crippen molar-refractivity contribution in [2.45, 2.75) is 35.5 Å². The molecule has 3 aromatic carbocycles. The van der Waals surface area contributed by atoms with Gasteiger partial charge in [0.2, 0.25) is 0 Å². The van der Waals surface area contributed by atoms with Gasteiger partial charge in [0.1, 0.15) is 0 Å². The fourth-order valence-electron chi connectivity index (χ4n) is 5.47. The van der Waals surface area contributed by atoms with Crippen LogP contribution in [-0.4, -0.2) is 14.6 Å². The van der Waals surface area contributed by atoms with Crippen LogP contribution in [0.3, 0.4) is 0 Å². The van der Waals surface area contributed by atoms with Crippen molar-refractivity contribution in [3.05, 3.63) is 131 Å². The molecule has 3 heteroatoms. The molecular weight excluding hydrogens is 563 g/mol. The van der Waals surface area contributed by atoms with Crippen LogP contribution in [0.5, 0.6) is 0 Å². The van der Waals surface area contributed by atoms with Crippen LogP contribution >= 0.6 is 20.1 Å². The van der Waals surface area contributed by atoms with Crippen LogP contribution in [0.2, 0.25) is 0 Å². The minimum absolute atomic E-state index is 0.0540. The molecule has 6 rings (SSSR count). The molecule has 2 nitrogen and oxygen atoms in total. The van der Waals surface area contributed by atoms with E-state index in [1.165, 1.54) is 54.6 Å². The molecule has 37 heavy (non-hydrogen) atoms. The Morgan fingerprint density at radius 3 is 2.41 bits per heavy atom. The van der Waals surface area contributed by atoms with E-state index in [9.17, 15) is 0 Å². The molecule has 0 bridgehead atoms. The zero-order valence-corrected chi connectivity index (χ0v) is 24.2. The van der Waals surface area contributed by atoms with Gasteiger partial charge in [0.25, 0.3) is 0 Å². The number of benzene rings is 3. The summed E-state index contributed by atoms with van der Waals surface area (Å²) in [6.07, 6.45) is 6.74. The first-order chi connectivity index (χ1) is 17.9. The Bertz CT molecular complexity index is 1520. The first-order valence-electron chi connectivity index (χ1n) is 13.0. The Morgan fingerprint density at radius 2 is 1.62 bits per heavy atom. The third kappa shape index (κ3) is 4.44. The third-order valence-corrected chi connectivity index (χ3v) is 15.1. The number of halogens is 1. The number of fused-ring (bicyclic) bond motifs is 3. The first kappa shape index (κ1) is 24.2. The standard InChI is InChI=1S/C34H33IN2/c1-24-13-16-31(30(20-24)32-12-8-9-18-36-32)34(3,4)35-23-28-15-14-27(26-10-6-5-7-11-26)22-29(28)33-21-25(2)17-19-37(33)35/h5-18,20-22H,19,23H2,1-4H3. The molecule has 0 spiro atoms. The number of hydrogen-bond donors (Lipinski definition) is 0. The predicted octanol–water partition coefficient (Wildman–Crippen LogP) is 9.20. The summed E-state index contributed by atoms with van der Waals surface area (Å²) in [7, 11) is 0. The molecular formula is C34H33IN2. The molecule has 2 aliphatic rings.